The fraction of sp³-hybridized carbons (Fsp3) is 0.250. The maximum atomic E-state index is 10.9. The number of rotatable bonds is 4. The zero-order chi connectivity index (χ0) is 11.5. The number of hydrogen-bond acceptors (Lipinski definition) is 7. The molecular formula is C8H8N4O3S. The summed E-state index contributed by atoms with van der Waals surface area (Å²) in [6, 6.07) is 3.23. The molecule has 0 saturated carbocycles. The first-order valence-corrected chi connectivity index (χ1v) is 5.21. The van der Waals surface area contributed by atoms with E-state index in [0.29, 0.717) is 11.2 Å². The Kier molecular flexibility index (Phi) is 2.93. The Morgan fingerprint density at radius 1 is 1.50 bits per heavy atom. The summed E-state index contributed by atoms with van der Waals surface area (Å²) in [6.45, 7) is 0.161. The Morgan fingerprint density at radius 3 is 3.00 bits per heavy atom. The first-order valence-electron chi connectivity index (χ1n) is 4.48. The van der Waals surface area contributed by atoms with E-state index in [2.05, 4.69) is 14.1 Å². The molecule has 0 fully saturated rings. The zero-order valence-electron chi connectivity index (χ0n) is 8.08. The van der Waals surface area contributed by atoms with Crippen LogP contribution in [0, 0.1) is 10.1 Å². The van der Waals surface area contributed by atoms with E-state index in [9.17, 15) is 10.1 Å². The van der Waals surface area contributed by atoms with Crippen molar-refractivity contribution in [3.63, 3.8) is 0 Å². The molecule has 2 N–H and O–H groups in total. The predicted octanol–water partition coefficient (Wildman–Crippen LogP) is 1.00. The van der Waals surface area contributed by atoms with Crippen LogP contribution in [0.15, 0.2) is 12.1 Å². The lowest BCUT2D eigenvalue weighted by Gasteiger charge is -2.04. The molecule has 0 unspecified atom stereocenters. The number of aromatic nitrogens is 2. The number of hydrogen-bond donors (Lipinski definition) is 2. The number of nitrogens with zero attached hydrogens (tertiary/aromatic N) is 3. The number of nitro benzene ring substituents is 1. The molecule has 84 valence electrons. The molecule has 0 radical (unpaired) electrons. The summed E-state index contributed by atoms with van der Waals surface area (Å²) < 4.78 is 7.83. The van der Waals surface area contributed by atoms with Gasteiger partial charge in [0.1, 0.15) is 11.2 Å². The third kappa shape index (κ3) is 1.79. The molecule has 16 heavy (non-hydrogen) atoms. The Bertz CT molecular complexity index is 527. The minimum Gasteiger partial charge on any atom is -0.395 e. The first-order chi connectivity index (χ1) is 7.74. The fourth-order valence-electron chi connectivity index (χ4n) is 1.36. The Balaban J connectivity index is 2.54. The van der Waals surface area contributed by atoms with Gasteiger partial charge < -0.3 is 10.4 Å². The molecule has 0 spiro atoms. The van der Waals surface area contributed by atoms with Crippen molar-refractivity contribution < 1.29 is 10.0 Å². The second kappa shape index (κ2) is 4.37. The van der Waals surface area contributed by atoms with Crippen molar-refractivity contribution in [1.29, 1.82) is 0 Å². The second-order valence-electron chi connectivity index (χ2n) is 3.00. The van der Waals surface area contributed by atoms with Crippen LogP contribution in [-0.4, -0.2) is 31.9 Å². The number of fused-ring (bicyclic) bond motifs is 1. The van der Waals surface area contributed by atoms with Crippen molar-refractivity contribution in [2.75, 3.05) is 18.5 Å². The molecular weight excluding hydrogens is 232 g/mol. The van der Waals surface area contributed by atoms with Crippen LogP contribution in [0.25, 0.3) is 11.0 Å². The average Bonchev–Trinajstić information content (AvgIpc) is 2.72. The van der Waals surface area contributed by atoms with Gasteiger partial charge in [0.25, 0.3) is 0 Å². The van der Waals surface area contributed by atoms with E-state index in [4.69, 9.17) is 5.11 Å². The van der Waals surface area contributed by atoms with Gasteiger partial charge in [-0.1, -0.05) is 0 Å². The van der Waals surface area contributed by atoms with E-state index in [1.807, 2.05) is 0 Å². The van der Waals surface area contributed by atoms with Gasteiger partial charge in [0.2, 0.25) is 0 Å². The molecule has 0 aliphatic rings. The number of nitro groups is 1. The van der Waals surface area contributed by atoms with Crippen LogP contribution in [0.3, 0.4) is 0 Å². The number of aliphatic hydroxyl groups excluding tert-OH is 1. The quantitative estimate of drug-likeness (QED) is 0.610. The maximum Gasteiger partial charge on any atom is 0.321 e. The van der Waals surface area contributed by atoms with Crippen molar-refractivity contribution in [1.82, 2.24) is 8.75 Å². The zero-order valence-corrected chi connectivity index (χ0v) is 8.90. The van der Waals surface area contributed by atoms with E-state index < -0.39 is 4.92 Å². The Hall–Kier alpha value is -1.80. The largest absolute Gasteiger partial charge is 0.395 e. The molecule has 1 aromatic carbocycles. The van der Waals surface area contributed by atoms with Crippen LogP contribution >= 0.6 is 11.7 Å². The number of anilines is 1. The molecule has 0 atom stereocenters. The van der Waals surface area contributed by atoms with Crippen molar-refractivity contribution >= 4 is 34.1 Å². The molecule has 0 bridgehead atoms. The average molecular weight is 240 g/mol. The summed E-state index contributed by atoms with van der Waals surface area (Å²) in [4.78, 5) is 10.4. The Morgan fingerprint density at radius 2 is 2.31 bits per heavy atom. The predicted molar refractivity (Wildman–Crippen MR) is 59.6 cm³/mol. The van der Waals surface area contributed by atoms with Gasteiger partial charge in [0.15, 0.2) is 5.52 Å². The topological polar surface area (TPSA) is 101 Å². The molecule has 0 saturated heterocycles. The highest BCUT2D eigenvalue weighted by Gasteiger charge is 2.20. The second-order valence-corrected chi connectivity index (χ2v) is 3.53. The first kappa shape index (κ1) is 10.7. The van der Waals surface area contributed by atoms with Gasteiger partial charge in [0, 0.05) is 6.54 Å². The van der Waals surface area contributed by atoms with E-state index in [-0.39, 0.29) is 24.4 Å². The van der Waals surface area contributed by atoms with Gasteiger partial charge in [0.05, 0.1) is 23.3 Å². The van der Waals surface area contributed by atoms with E-state index in [0.717, 1.165) is 11.7 Å². The molecule has 0 aliphatic heterocycles. The van der Waals surface area contributed by atoms with Crippen LogP contribution in [-0.2, 0) is 0 Å². The van der Waals surface area contributed by atoms with Crippen LogP contribution in [0.2, 0.25) is 0 Å². The summed E-state index contributed by atoms with van der Waals surface area (Å²) in [5.74, 6) is 0. The van der Waals surface area contributed by atoms with E-state index in [1.54, 1.807) is 12.1 Å². The third-order valence-electron chi connectivity index (χ3n) is 2.01. The van der Waals surface area contributed by atoms with Gasteiger partial charge in [-0.3, -0.25) is 10.1 Å². The van der Waals surface area contributed by atoms with Crippen LogP contribution in [0.1, 0.15) is 0 Å². The summed E-state index contributed by atoms with van der Waals surface area (Å²) in [6.07, 6.45) is 0. The molecule has 1 heterocycles. The highest BCUT2D eigenvalue weighted by atomic mass is 32.1. The number of aliphatic hydroxyl groups is 1. The van der Waals surface area contributed by atoms with Gasteiger partial charge >= 0.3 is 5.69 Å². The van der Waals surface area contributed by atoms with E-state index in [1.165, 1.54) is 0 Å². The molecule has 0 aliphatic carbocycles. The van der Waals surface area contributed by atoms with E-state index >= 15 is 0 Å². The van der Waals surface area contributed by atoms with Crippen LogP contribution < -0.4 is 5.32 Å². The van der Waals surface area contributed by atoms with Crippen molar-refractivity contribution in [3.8, 4) is 0 Å². The van der Waals surface area contributed by atoms with Gasteiger partial charge in [-0.2, -0.15) is 8.75 Å². The minimum atomic E-state index is -0.497. The summed E-state index contributed by atoms with van der Waals surface area (Å²) in [7, 11) is 0. The lowest BCUT2D eigenvalue weighted by molar-refractivity contribution is -0.382. The highest BCUT2D eigenvalue weighted by molar-refractivity contribution is 7.00. The maximum absolute atomic E-state index is 10.9. The number of nitrogens with one attached hydrogen (secondary N) is 1. The number of benzene rings is 1. The standard InChI is InChI=1S/C8H8N4O3S/c13-4-3-9-6-2-1-5-7(11-16-10-5)8(6)12(14)15/h1-2,9,13H,3-4H2. The molecule has 2 aromatic rings. The molecule has 8 heteroatoms. The fourth-order valence-corrected chi connectivity index (χ4v) is 1.89. The SMILES string of the molecule is O=[N+]([O-])c1c(NCCO)ccc2nsnc12. The van der Waals surface area contributed by atoms with Gasteiger partial charge in [-0.25, -0.2) is 0 Å². The monoisotopic (exact) mass is 240 g/mol. The lowest BCUT2D eigenvalue weighted by Crippen LogP contribution is -2.07. The molecule has 7 nitrogen and oxygen atoms in total. The normalized spacial score (nSPS) is 10.6. The Labute approximate surface area is 94.2 Å². The molecule has 2 rings (SSSR count). The van der Waals surface area contributed by atoms with Crippen LogP contribution in [0.4, 0.5) is 11.4 Å². The van der Waals surface area contributed by atoms with Crippen molar-refractivity contribution in [3.05, 3.63) is 22.2 Å². The molecule has 1 aromatic heterocycles. The highest BCUT2D eigenvalue weighted by Crippen LogP contribution is 2.31. The van der Waals surface area contributed by atoms with Crippen molar-refractivity contribution in [2.24, 2.45) is 0 Å². The van der Waals surface area contributed by atoms with Crippen LogP contribution in [0.5, 0.6) is 0 Å². The van der Waals surface area contributed by atoms with Gasteiger partial charge in [-0.15, -0.1) is 0 Å². The lowest BCUT2D eigenvalue weighted by atomic mass is 10.2. The van der Waals surface area contributed by atoms with Gasteiger partial charge in [-0.05, 0) is 12.1 Å². The smallest absolute Gasteiger partial charge is 0.321 e. The third-order valence-corrected chi connectivity index (χ3v) is 2.55. The summed E-state index contributed by atoms with van der Waals surface area (Å²) in [5.41, 5.74) is 1.03. The summed E-state index contributed by atoms with van der Waals surface area (Å²) in [5, 5.41) is 22.4. The summed E-state index contributed by atoms with van der Waals surface area (Å²) >= 11 is 0.935. The molecule has 0 amide bonds. The minimum absolute atomic E-state index is 0.0928. The van der Waals surface area contributed by atoms with Crippen molar-refractivity contribution in [2.45, 2.75) is 0 Å².